The Kier molecular flexibility index (Phi) is 5.12. The molecule has 1 unspecified atom stereocenters. The molecule has 0 spiro atoms. The lowest BCUT2D eigenvalue weighted by molar-refractivity contribution is -0.150. The van der Waals surface area contributed by atoms with E-state index in [-0.39, 0.29) is 31.0 Å². The summed E-state index contributed by atoms with van der Waals surface area (Å²) in [5.74, 6) is -1.83. The molecule has 1 aliphatic rings. The maximum atomic E-state index is 12.6. The van der Waals surface area contributed by atoms with Crippen LogP contribution in [0.25, 0.3) is 0 Å². The molecule has 132 valence electrons. The Labute approximate surface area is 141 Å². The number of carbonyl (C=O) groups excluding carboxylic acids is 1. The molecule has 1 fully saturated rings. The third-order valence-corrected chi connectivity index (χ3v) is 5.08. The third-order valence-electron chi connectivity index (χ3n) is 4.33. The molecular weight excluding hydrogens is 345 g/mol. The van der Waals surface area contributed by atoms with Crippen LogP contribution in [0, 0.1) is 11.3 Å². The van der Waals surface area contributed by atoms with Crippen molar-refractivity contribution in [3.63, 3.8) is 0 Å². The molecule has 0 aliphatic carbocycles. The maximum absolute atomic E-state index is 12.6. The highest BCUT2D eigenvalue weighted by Crippen LogP contribution is 2.40. The number of aliphatic carboxylic acids is 1. The number of halogens is 3. The number of hydrogen-bond donors (Lipinski definition) is 1. The van der Waals surface area contributed by atoms with Crippen LogP contribution in [0.15, 0.2) is 23.4 Å². The van der Waals surface area contributed by atoms with Crippen LogP contribution in [0.3, 0.4) is 0 Å². The molecule has 5 nitrogen and oxygen atoms in total. The Bertz CT molecular complexity index is 651. The van der Waals surface area contributed by atoms with Crippen molar-refractivity contribution < 1.29 is 27.9 Å². The fraction of sp³-hybridized carbons (Fsp3) is 0.533. The van der Waals surface area contributed by atoms with Gasteiger partial charge in [-0.15, -0.1) is 0 Å². The van der Waals surface area contributed by atoms with Crippen molar-refractivity contribution >= 4 is 23.6 Å². The molecule has 1 aromatic heterocycles. The molecule has 1 atom stereocenters. The predicted molar refractivity (Wildman–Crippen MR) is 81.6 cm³/mol. The molecule has 1 aliphatic heterocycles. The number of carboxylic acid groups (broad SMARTS) is 1. The van der Waals surface area contributed by atoms with E-state index in [0.717, 1.165) is 0 Å². The summed E-state index contributed by atoms with van der Waals surface area (Å²) in [4.78, 5) is 29.2. The van der Waals surface area contributed by atoms with Gasteiger partial charge in [0.1, 0.15) is 5.03 Å². The highest BCUT2D eigenvalue weighted by atomic mass is 32.2. The zero-order valence-corrected chi connectivity index (χ0v) is 13.9. The lowest BCUT2D eigenvalue weighted by Crippen LogP contribution is -2.40. The normalized spacial score (nSPS) is 21.3. The van der Waals surface area contributed by atoms with Crippen molar-refractivity contribution in [2.45, 2.75) is 30.8 Å². The van der Waals surface area contributed by atoms with Crippen molar-refractivity contribution in [3.05, 3.63) is 23.9 Å². The van der Waals surface area contributed by atoms with Crippen molar-refractivity contribution in [1.29, 1.82) is 0 Å². The molecule has 0 aromatic carbocycles. The molecule has 9 heteroatoms. The Hall–Kier alpha value is -1.77. The molecule has 1 amide bonds. The maximum Gasteiger partial charge on any atom is 0.447 e. The number of likely N-dealkylation sites (tertiary alicyclic amines) is 1. The first-order valence-electron chi connectivity index (χ1n) is 7.30. The number of pyridine rings is 1. The van der Waals surface area contributed by atoms with Gasteiger partial charge in [-0.05, 0) is 24.5 Å². The molecule has 0 bridgehead atoms. The predicted octanol–water partition coefficient (Wildman–Crippen LogP) is 3.27. The fourth-order valence-electron chi connectivity index (χ4n) is 2.81. The quantitative estimate of drug-likeness (QED) is 0.833. The monoisotopic (exact) mass is 362 g/mol. The van der Waals surface area contributed by atoms with Crippen LogP contribution in [-0.4, -0.2) is 45.5 Å². The standard InChI is InChI=1S/C15H17F3N2O3S/c1-9(2)14(13(22)23)5-7-20(8-14)12(21)10-4-3-6-19-11(10)24-15(16,17)18/h3-4,6,9H,5,7-8H2,1-2H3,(H,22,23). The van der Waals surface area contributed by atoms with Crippen molar-refractivity contribution in [3.8, 4) is 0 Å². The van der Waals surface area contributed by atoms with E-state index in [1.807, 2.05) is 0 Å². The summed E-state index contributed by atoms with van der Waals surface area (Å²) < 4.78 is 37.9. The number of carbonyl (C=O) groups is 2. The zero-order chi connectivity index (χ0) is 18.1. The summed E-state index contributed by atoms with van der Waals surface area (Å²) in [6.45, 7) is 3.69. The van der Waals surface area contributed by atoms with Gasteiger partial charge in [-0.25, -0.2) is 4.98 Å². The lowest BCUT2D eigenvalue weighted by Gasteiger charge is -2.28. The summed E-state index contributed by atoms with van der Waals surface area (Å²) in [5, 5.41) is 9.08. The van der Waals surface area contributed by atoms with E-state index >= 15 is 0 Å². The minimum Gasteiger partial charge on any atom is -0.481 e. The van der Waals surface area contributed by atoms with Crippen LogP contribution in [0.1, 0.15) is 30.6 Å². The summed E-state index contributed by atoms with van der Waals surface area (Å²) in [6, 6.07) is 2.66. The lowest BCUT2D eigenvalue weighted by atomic mass is 9.76. The number of aromatic nitrogens is 1. The second-order valence-corrected chi connectivity index (χ2v) is 7.05. The SMILES string of the molecule is CC(C)C1(C(=O)O)CCN(C(=O)c2cccnc2SC(F)(F)F)C1. The largest absolute Gasteiger partial charge is 0.481 e. The number of amides is 1. The highest BCUT2D eigenvalue weighted by Gasteiger charge is 2.49. The molecule has 2 heterocycles. The van der Waals surface area contributed by atoms with Crippen LogP contribution in [0.4, 0.5) is 13.2 Å². The zero-order valence-electron chi connectivity index (χ0n) is 13.1. The minimum atomic E-state index is -4.56. The Balaban J connectivity index is 2.27. The molecule has 24 heavy (non-hydrogen) atoms. The number of carboxylic acids is 1. The Morgan fingerprint density at radius 3 is 2.58 bits per heavy atom. The van der Waals surface area contributed by atoms with Crippen LogP contribution in [-0.2, 0) is 4.79 Å². The average molecular weight is 362 g/mol. The smallest absolute Gasteiger partial charge is 0.447 e. The number of nitrogens with zero attached hydrogens (tertiary/aromatic N) is 2. The molecular formula is C15H17F3N2O3S. The molecule has 1 saturated heterocycles. The first-order valence-corrected chi connectivity index (χ1v) is 8.12. The molecule has 1 aromatic rings. The van der Waals surface area contributed by atoms with E-state index in [1.54, 1.807) is 13.8 Å². The Morgan fingerprint density at radius 1 is 1.42 bits per heavy atom. The van der Waals surface area contributed by atoms with Crippen LogP contribution in [0.5, 0.6) is 0 Å². The fourth-order valence-corrected chi connectivity index (χ4v) is 3.41. The van der Waals surface area contributed by atoms with Gasteiger partial charge in [0.05, 0.1) is 11.0 Å². The highest BCUT2D eigenvalue weighted by molar-refractivity contribution is 8.00. The van der Waals surface area contributed by atoms with Crippen molar-refractivity contribution in [1.82, 2.24) is 9.88 Å². The van der Waals surface area contributed by atoms with E-state index in [9.17, 15) is 27.9 Å². The number of hydrogen-bond acceptors (Lipinski definition) is 4. The molecule has 0 radical (unpaired) electrons. The number of alkyl halides is 3. The van der Waals surface area contributed by atoms with Crippen molar-refractivity contribution in [2.75, 3.05) is 13.1 Å². The van der Waals surface area contributed by atoms with E-state index in [4.69, 9.17) is 0 Å². The number of thioether (sulfide) groups is 1. The van der Waals surface area contributed by atoms with Gasteiger partial charge in [0.2, 0.25) is 0 Å². The third kappa shape index (κ3) is 3.66. The van der Waals surface area contributed by atoms with Gasteiger partial charge in [0.25, 0.3) is 5.91 Å². The molecule has 1 N–H and O–H groups in total. The van der Waals surface area contributed by atoms with Crippen molar-refractivity contribution in [2.24, 2.45) is 11.3 Å². The first-order chi connectivity index (χ1) is 11.1. The topological polar surface area (TPSA) is 70.5 Å². The second kappa shape index (κ2) is 6.62. The van der Waals surface area contributed by atoms with Gasteiger partial charge < -0.3 is 10.0 Å². The van der Waals surface area contributed by atoms with Gasteiger partial charge in [0.15, 0.2) is 0 Å². The van der Waals surface area contributed by atoms with Gasteiger partial charge >= 0.3 is 11.5 Å². The average Bonchev–Trinajstić information content (AvgIpc) is 2.92. The minimum absolute atomic E-state index is 0.0240. The summed E-state index contributed by atoms with van der Waals surface area (Å²) in [7, 11) is 0. The van der Waals surface area contributed by atoms with Gasteiger partial charge in [-0.1, -0.05) is 13.8 Å². The van der Waals surface area contributed by atoms with Gasteiger partial charge in [-0.2, -0.15) is 13.2 Å². The van der Waals surface area contributed by atoms with E-state index in [0.29, 0.717) is 0 Å². The Morgan fingerprint density at radius 2 is 2.08 bits per heavy atom. The summed E-state index contributed by atoms with van der Waals surface area (Å²) in [6.07, 6.45) is 1.46. The first kappa shape index (κ1) is 18.6. The summed E-state index contributed by atoms with van der Waals surface area (Å²) in [5.41, 5.74) is -5.79. The second-order valence-electron chi connectivity index (χ2n) is 6.00. The van der Waals surface area contributed by atoms with Crippen LogP contribution >= 0.6 is 11.8 Å². The van der Waals surface area contributed by atoms with E-state index < -0.39 is 39.6 Å². The van der Waals surface area contributed by atoms with E-state index in [1.165, 1.54) is 23.2 Å². The molecule has 0 saturated carbocycles. The van der Waals surface area contributed by atoms with E-state index in [2.05, 4.69) is 4.98 Å². The van der Waals surface area contributed by atoms with Crippen LogP contribution < -0.4 is 0 Å². The van der Waals surface area contributed by atoms with Crippen LogP contribution in [0.2, 0.25) is 0 Å². The molecule has 2 rings (SSSR count). The van der Waals surface area contributed by atoms with Gasteiger partial charge in [-0.3, -0.25) is 9.59 Å². The summed E-state index contributed by atoms with van der Waals surface area (Å²) >= 11 is -0.448. The van der Waals surface area contributed by atoms with Gasteiger partial charge in [0, 0.05) is 31.0 Å². The number of rotatable bonds is 4.